The first-order chi connectivity index (χ1) is 52.5. The summed E-state index contributed by atoms with van der Waals surface area (Å²) in [6.07, 6.45) is 31.3. The summed E-state index contributed by atoms with van der Waals surface area (Å²) in [5.41, 5.74) is 9.82. The molecule has 6 rings (SSSR count). The Bertz CT molecular complexity index is 3620. The van der Waals surface area contributed by atoms with Crippen LogP contribution in [0.15, 0.2) is 0 Å². The Labute approximate surface area is 726 Å². The molecular weight excluding hydrogens is 1770 g/mol. The first-order valence-corrected chi connectivity index (χ1v) is 36.8. The van der Waals surface area contributed by atoms with E-state index in [2.05, 4.69) is 212 Å². The van der Waals surface area contributed by atoms with Crippen LogP contribution in [-0.4, -0.2) is 246 Å². The zero-order chi connectivity index (χ0) is 85.6. The van der Waals surface area contributed by atoms with Gasteiger partial charge in [-0.2, -0.15) is 107 Å². The standard InChI is InChI=1S/3C11H18N6O.C9H12ClN5.C6H8Cl2N4.C3Cl3N3.C3H9N.C3H5N.CH5NO.4ClH.2H2O4S/c3*1-5-7-12-9-14-10(13-8-6-2)16-11(15-9)17(3)18-4;1-3-5-11-8-13-7(10)14-9(15-8)12-6-4-2;1-2-3-9-6-11-4(7)10-5(8)12-6;4-1-7-2(5)9-3(6)8-1;2*1-2-3-4;1-3-2;;;;;2*1-5(2,3)4/h3*1H,6-8H2,2-4H3,(H2,12,13,14,15,16);1H,4-6H2,2H3,(H2,11,12,13,14,15);2-3H2,1H3,(H,9,10,11,12);;2-4H2,1H3;1H,3-4H2;2H2,1H3;4*1H;2*(H2,1,2,3,4). The third-order valence-electron chi connectivity index (χ3n) is 9.75. The monoisotopic (exact) mass is 1870 g/mol. The van der Waals surface area contributed by atoms with E-state index < -0.39 is 20.8 Å². The zero-order valence-corrected chi connectivity index (χ0v) is 74.2. The van der Waals surface area contributed by atoms with Crippen LogP contribution < -0.4 is 80.4 Å². The summed E-state index contributed by atoms with van der Waals surface area (Å²) in [6.45, 7) is 18.9. The summed E-state index contributed by atoms with van der Waals surface area (Å²) >= 11 is 32.8. The van der Waals surface area contributed by atoms with E-state index in [0.717, 1.165) is 77.8 Å². The maximum absolute atomic E-state index is 8.74. The highest BCUT2D eigenvalue weighted by molar-refractivity contribution is 7.80. The van der Waals surface area contributed by atoms with E-state index in [0.29, 0.717) is 104 Å². The van der Waals surface area contributed by atoms with E-state index in [1.807, 2.05) is 13.8 Å². The molecule has 0 atom stereocenters. The maximum Gasteiger partial charge on any atom is 0.394 e. The van der Waals surface area contributed by atoms with E-state index in [1.54, 1.807) is 21.1 Å². The van der Waals surface area contributed by atoms with E-state index in [1.165, 1.54) is 43.6 Å². The molecule has 0 bridgehead atoms. The second kappa shape index (κ2) is 81.0. The fraction of sp³-hybridized carbons (Fsp3) is 0.517. The SMILES string of the molecule is C#CCN.C#CCNc1nc(Cl)nc(NCCC)n1.C#CCNc1nc(NCCC)nc(N(C)OC)n1.C#CCNc1nc(NCCC)nc(N(C)OC)n1.C#CCNc1nc(NCCC)nc(N(C)OC)n1.CCCN.CCCNc1nc(Cl)nc(Cl)n1.CON.Cl.Cl.Cl.Cl.Clc1nc(Cl)nc(Cl)n1.O=S(=O)(O)O.O=S(=O)(O)O. The molecule has 0 unspecified atom stereocenters. The number of hydrogen-bond donors (Lipinski definition) is 16. The van der Waals surface area contributed by atoms with Gasteiger partial charge in [-0.15, -0.1) is 81.7 Å². The molecule has 115 heavy (non-hydrogen) atoms. The average Bonchev–Trinajstić information content (AvgIpc) is 0.872. The number of terminal acetylenes is 5. The lowest BCUT2D eigenvalue weighted by Gasteiger charge is -2.15. The fourth-order valence-corrected chi connectivity index (χ4v) is 6.29. The number of nitrogens with two attached hydrogens (primary N) is 3. The summed E-state index contributed by atoms with van der Waals surface area (Å²) in [5, 5.41) is 31.5. The van der Waals surface area contributed by atoms with Crippen molar-refractivity contribution in [2.75, 3.05) is 185 Å². The molecule has 45 nitrogen and oxygen atoms in total. The van der Waals surface area contributed by atoms with Crippen molar-refractivity contribution in [1.29, 1.82) is 0 Å². The number of halogens is 10. The van der Waals surface area contributed by atoms with Crippen molar-refractivity contribution in [2.45, 2.75) is 80.1 Å². The van der Waals surface area contributed by atoms with Crippen LogP contribution in [0.4, 0.5) is 71.4 Å². The van der Waals surface area contributed by atoms with Crippen molar-refractivity contribution in [3.63, 3.8) is 0 Å². The van der Waals surface area contributed by atoms with E-state index in [-0.39, 0.29) is 81.3 Å². The molecule has 0 aliphatic rings. The van der Waals surface area contributed by atoms with Gasteiger partial charge in [0.2, 0.25) is 85.2 Å². The topological polar surface area (TPSA) is 614 Å². The molecule has 6 heterocycles. The van der Waals surface area contributed by atoms with E-state index in [4.69, 9.17) is 156 Å². The quantitative estimate of drug-likeness (QED) is 0.0120. The lowest BCUT2D eigenvalue weighted by molar-refractivity contribution is 0.180. The Balaban J connectivity index is -0.000000159. The largest absolute Gasteiger partial charge is 0.394 e. The molecule has 652 valence electrons. The molecule has 0 aliphatic carbocycles. The van der Waals surface area contributed by atoms with Crippen molar-refractivity contribution in [2.24, 2.45) is 17.4 Å². The summed E-state index contributed by atoms with van der Waals surface area (Å²) in [4.78, 5) is 90.2. The first kappa shape index (κ1) is 125. The molecule has 57 heteroatoms. The number of hydroxylamine groups is 3. The Hall–Kier alpha value is -8.18. The van der Waals surface area contributed by atoms with Gasteiger partial charge in [0.25, 0.3) is 17.8 Å². The number of nitrogens with one attached hydrogen (secondary N) is 9. The van der Waals surface area contributed by atoms with Gasteiger partial charge < -0.3 is 64.2 Å². The van der Waals surface area contributed by atoms with Crippen LogP contribution in [0.1, 0.15) is 80.1 Å². The second-order valence-corrected chi connectivity index (χ2v) is 22.5. The molecule has 0 spiro atoms. The Morgan fingerprint density at radius 3 is 0.643 bits per heavy atom. The van der Waals surface area contributed by atoms with Crippen molar-refractivity contribution in [1.82, 2.24) is 89.7 Å². The van der Waals surface area contributed by atoms with Crippen LogP contribution in [0.3, 0.4) is 0 Å². The highest BCUT2D eigenvalue weighted by Crippen LogP contribution is 2.17. The van der Waals surface area contributed by atoms with Gasteiger partial charge >= 0.3 is 20.8 Å². The minimum absolute atomic E-state index is 0. The van der Waals surface area contributed by atoms with Crippen molar-refractivity contribution < 1.29 is 54.4 Å². The molecule has 0 fully saturated rings. The maximum atomic E-state index is 8.74. The van der Waals surface area contributed by atoms with E-state index >= 15 is 0 Å². The average molecular weight is 1870 g/mol. The minimum atomic E-state index is -4.67. The van der Waals surface area contributed by atoms with Gasteiger partial charge in [-0.1, -0.05) is 71.1 Å². The Morgan fingerprint density at radius 1 is 0.339 bits per heavy atom. The highest BCUT2D eigenvalue weighted by Gasteiger charge is 2.13. The van der Waals surface area contributed by atoms with Gasteiger partial charge in [0, 0.05) is 53.9 Å². The molecule has 0 radical (unpaired) electrons. The van der Waals surface area contributed by atoms with Crippen LogP contribution in [0.5, 0.6) is 0 Å². The van der Waals surface area contributed by atoms with E-state index in [9.17, 15) is 0 Å². The first-order valence-electron chi connectivity index (χ1n) is 31.7. The lowest BCUT2D eigenvalue weighted by atomic mass is 10.5. The Kier molecular flexibility index (Phi) is 88.0. The molecule has 6 aromatic heterocycles. The molecule has 0 saturated heterocycles. The fourth-order valence-electron chi connectivity index (χ4n) is 5.16. The predicted octanol–water partition coefficient (Wildman–Crippen LogP) is 7.25. The number of nitrogens with zero attached hydrogens (tertiary/aromatic N) is 21. The number of hydrogen-bond acceptors (Lipinski definition) is 41. The zero-order valence-electron chi connectivity index (χ0n) is 64.8. The van der Waals surface area contributed by atoms with Crippen LogP contribution >= 0.6 is 119 Å². The number of aromatic nitrogens is 18. The summed E-state index contributed by atoms with van der Waals surface area (Å²) in [6, 6.07) is 0. The van der Waals surface area contributed by atoms with Gasteiger partial charge in [0.1, 0.15) is 0 Å². The smallest absolute Gasteiger partial charge is 0.354 e. The molecular formula is C58H101Cl10N33O12S2. The van der Waals surface area contributed by atoms with Gasteiger partial charge in [0.15, 0.2) is 0 Å². The van der Waals surface area contributed by atoms with Crippen molar-refractivity contribution in [3.05, 3.63) is 31.7 Å². The summed E-state index contributed by atoms with van der Waals surface area (Å²) in [7, 11) is 1.82. The highest BCUT2D eigenvalue weighted by atomic mass is 35.5. The van der Waals surface area contributed by atoms with Crippen LogP contribution in [0, 0.1) is 61.7 Å². The molecule has 6 aromatic rings. The molecule has 0 amide bonds. The predicted molar refractivity (Wildman–Crippen MR) is 464 cm³/mol. The second-order valence-electron chi connectivity index (χ2n) is 18.7. The van der Waals surface area contributed by atoms with Crippen LogP contribution in [0.25, 0.3) is 0 Å². The lowest BCUT2D eigenvalue weighted by Crippen LogP contribution is -2.20. The third-order valence-corrected chi connectivity index (χ3v) is 10.8. The van der Waals surface area contributed by atoms with Gasteiger partial charge in [-0.25, -0.2) is 21.1 Å². The van der Waals surface area contributed by atoms with Gasteiger partial charge in [-0.3, -0.25) is 32.7 Å². The molecule has 0 aromatic carbocycles. The van der Waals surface area contributed by atoms with Crippen molar-refractivity contribution >= 4 is 211 Å². The van der Waals surface area contributed by atoms with Gasteiger partial charge in [0.05, 0.1) is 61.2 Å². The number of rotatable bonds is 30. The molecule has 0 saturated carbocycles. The molecule has 0 aliphatic heterocycles. The van der Waals surface area contributed by atoms with Crippen LogP contribution in [-0.2, 0) is 40.1 Å². The summed E-state index contributed by atoms with van der Waals surface area (Å²) in [5.74, 6) is 21.6. The normalized spacial score (nSPS) is 9.16. The number of anilines is 12. The van der Waals surface area contributed by atoms with Gasteiger partial charge in [-0.05, 0) is 115 Å². The third kappa shape index (κ3) is 79.4. The molecule has 19 N–H and O–H groups in total. The Morgan fingerprint density at radius 2 is 0.487 bits per heavy atom. The van der Waals surface area contributed by atoms with Crippen LogP contribution in [0.2, 0.25) is 31.7 Å². The van der Waals surface area contributed by atoms with Crippen molar-refractivity contribution in [3.8, 4) is 61.7 Å². The summed E-state index contributed by atoms with van der Waals surface area (Å²) < 4.78 is 63.2. The minimum Gasteiger partial charge on any atom is -0.354 e.